The van der Waals surface area contributed by atoms with Crippen LogP contribution in [0.3, 0.4) is 0 Å². The Morgan fingerprint density at radius 1 is 0.714 bits per heavy atom. The molecular formula is C21H20. The summed E-state index contributed by atoms with van der Waals surface area (Å²) in [6.45, 7) is 4.57. The number of aryl methyl sites for hydroxylation is 2. The maximum Gasteiger partial charge on any atom is -0.0139 e. The van der Waals surface area contributed by atoms with Gasteiger partial charge < -0.3 is 0 Å². The van der Waals surface area contributed by atoms with Gasteiger partial charge in [0.2, 0.25) is 0 Å². The van der Waals surface area contributed by atoms with Gasteiger partial charge in [-0.25, -0.2) is 0 Å². The zero-order chi connectivity index (χ0) is 14.4. The lowest BCUT2D eigenvalue weighted by molar-refractivity contribution is 0.924. The highest BCUT2D eigenvalue weighted by Gasteiger charge is 2.08. The van der Waals surface area contributed by atoms with Crippen molar-refractivity contribution in [3.63, 3.8) is 0 Å². The van der Waals surface area contributed by atoms with Crippen molar-refractivity contribution < 1.29 is 0 Å². The third-order valence-electron chi connectivity index (χ3n) is 4.90. The molecule has 1 aliphatic carbocycles. The zero-order valence-corrected chi connectivity index (χ0v) is 12.7. The number of hydrogen-bond acceptors (Lipinski definition) is 0. The van der Waals surface area contributed by atoms with Crippen LogP contribution in [0.5, 0.6) is 0 Å². The first-order valence-electron chi connectivity index (χ1n) is 7.88. The van der Waals surface area contributed by atoms with Gasteiger partial charge in [0.05, 0.1) is 0 Å². The molecular weight excluding hydrogens is 252 g/mol. The molecule has 3 aromatic rings. The van der Waals surface area contributed by atoms with Crippen molar-refractivity contribution in [3.8, 4) is 0 Å². The third kappa shape index (κ3) is 1.90. The van der Waals surface area contributed by atoms with E-state index in [4.69, 9.17) is 0 Å². The molecule has 0 aromatic heterocycles. The Hall–Kier alpha value is -2.08. The van der Waals surface area contributed by atoms with Crippen LogP contribution in [-0.2, 0) is 0 Å². The van der Waals surface area contributed by atoms with Crippen LogP contribution in [-0.4, -0.2) is 0 Å². The second kappa shape index (κ2) is 4.73. The lowest BCUT2D eigenvalue weighted by Gasteiger charge is -2.11. The zero-order valence-electron chi connectivity index (χ0n) is 12.7. The summed E-state index contributed by atoms with van der Waals surface area (Å²) >= 11 is 0. The van der Waals surface area contributed by atoms with E-state index < -0.39 is 0 Å². The van der Waals surface area contributed by atoms with Gasteiger partial charge in [-0.05, 0) is 88.4 Å². The second-order valence-corrected chi connectivity index (χ2v) is 6.16. The molecule has 0 fully saturated rings. The molecule has 0 saturated heterocycles. The predicted molar refractivity (Wildman–Crippen MR) is 93.0 cm³/mol. The van der Waals surface area contributed by atoms with Gasteiger partial charge in [-0.1, -0.05) is 36.4 Å². The average Bonchev–Trinajstić information content (AvgIpc) is 2.77. The van der Waals surface area contributed by atoms with Gasteiger partial charge in [0.1, 0.15) is 0 Å². The normalized spacial score (nSPS) is 14.4. The summed E-state index contributed by atoms with van der Waals surface area (Å²) in [7, 11) is 0. The molecule has 0 spiro atoms. The summed E-state index contributed by atoms with van der Waals surface area (Å²) in [4.78, 5) is 0. The monoisotopic (exact) mass is 272 g/mol. The van der Waals surface area contributed by atoms with E-state index in [2.05, 4.69) is 62.4 Å². The highest BCUT2D eigenvalue weighted by atomic mass is 14.1. The largest absolute Gasteiger partial charge is 0.0764 e. The van der Waals surface area contributed by atoms with Crippen molar-refractivity contribution >= 4 is 33.7 Å². The molecule has 3 aromatic carbocycles. The van der Waals surface area contributed by atoms with E-state index in [0.717, 1.165) is 0 Å². The molecule has 0 amide bonds. The molecule has 0 unspecified atom stereocenters. The Labute approximate surface area is 125 Å². The molecule has 0 bridgehead atoms. The summed E-state index contributed by atoms with van der Waals surface area (Å²) in [6, 6.07) is 13.4. The first-order chi connectivity index (χ1) is 10.3. The van der Waals surface area contributed by atoms with Crippen molar-refractivity contribution in [2.45, 2.75) is 33.1 Å². The molecule has 0 atom stereocenters. The first-order valence-corrected chi connectivity index (χ1v) is 7.88. The molecule has 0 heterocycles. The quantitative estimate of drug-likeness (QED) is 0.534. The fourth-order valence-electron chi connectivity index (χ4n) is 3.69. The van der Waals surface area contributed by atoms with E-state index in [9.17, 15) is 0 Å². The van der Waals surface area contributed by atoms with E-state index in [1.807, 2.05) is 0 Å². The van der Waals surface area contributed by atoms with E-state index >= 15 is 0 Å². The highest BCUT2D eigenvalue weighted by Crippen LogP contribution is 2.25. The van der Waals surface area contributed by atoms with E-state index in [-0.39, 0.29) is 0 Å². The number of fused-ring (bicyclic) bond motifs is 3. The van der Waals surface area contributed by atoms with E-state index in [1.54, 1.807) is 0 Å². The highest BCUT2D eigenvalue weighted by molar-refractivity contribution is 6.01. The Morgan fingerprint density at radius 2 is 1.19 bits per heavy atom. The van der Waals surface area contributed by atoms with Crippen LogP contribution in [0.15, 0.2) is 36.4 Å². The van der Waals surface area contributed by atoms with E-state index in [0.29, 0.717) is 0 Å². The minimum absolute atomic E-state index is 1.20. The first kappa shape index (κ1) is 12.6. The van der Waals surface area contributed by atoms with Crippen LogP contribution in [0, 0.1) is 13.8 Å². The minimum atomic E-state index is 1.20. The lowest BCUT2D eigenvalue weighted by Crippen LogP contribution is -2.30. The number of benzene rings is 3. The van der Waals surface area contributed by atoms with Gasteiger partial charge in [0, 0.05) is 0 Å². The predicted octanol–water partition coefficient (Wildman–Crippen LogP) is 4.35. The Bertz CT molecular complexity index is 894. The maximum absolute atomic E-state index is 2.44. The Balaban J connectivity index is 2.28. The van der Waals surface area contributed by atoms with Crippen LogP contribution in [0.1, 0.15) is 30.4 Å². The van der Waals surface area contributed by atoms with Crippen molar-refractivity contribution in [2.75, 3.05) is 0 Å². The summed E-state index contributed by atoms with van der Waals surface area (Å²) in [5.41, 5.74) is 2.88. The molecule has 0 aliphatic heterocycles. The molecule has 0 radical (unpaired) electrons. The van der Waals surface area contributed by atoms with Crippen molar-refractivity contribution in [1.82, 2.24) is 0 Å². The maximum atomic E-state index is 2.44. The van der Waals surface area contributed by atoms with Gasteiger partial charge in [-0.15, -0.1) is 0 Å². The van der Waals surface area contributed by atoms with E-state index in [1.165, 1.54) is 62.4 Å². The third-order valence-corrected chi connectivity index (χ3v) is 4.90. The topological polar surface area (TPSA) is 0 Å². The van der Waals surface area contributed by atoms with Crippen LogP contribution in [0.4, 0.5) is 0 Å². The van der Waals surface area contributed by atoms with Crippen LogP contribution in [0.25, 0.3) is 33.7 Å². The van der Waals surface area contributed by atoms with Gasteiger partial charge >= 0.3 is 0 Å². The van der Waals surface area contributed by atoms with Gasteiger partial charge in [-0.3, -0.25) is 0 Å². The smallest absolute Gasteiger partial charge is 0.0139 e. The Morgan fingerprint density at radius 3 is 1.67 bits per heavy atom. The van der Waals surface area contributed by atoms with Gasteiger partial charge in [-0.2, -0.15) is 0 Å². The second-order valence-electron chi connectivity index (χ2n) is 6.16. The number of rotatable bonds is 0. The summed E-state index contributed by atoms with van der Waals surface area (Å²) in [5, 5.41) is 8.43. The minimum Gasteiger partial charge on any atom is -0.0764 e. The van der Waals surface area contributed by atoms with Crippen LogP contribution < -0.4 is 10.4 Å². The van der Waals surface area contributed by atoms with Gasteiger partial charge in [0.25, 0.3) is 0 Å². The molecule has 21 heavy (non-hydrogen) atoms. The van der Waals surface area contributed by atoms with Crippen molar-refractivity contribution in [2.24, 2.45) is 0 Å². The molecule has 4 rings (SSSR count). The molecule has 1 aliphatic rings. The van der Waals surface area contributed by atoms with Crippen LogP contribution in [0.2, 0.25) is 0 Å². The van der Waals surface area contributed by atoms with Crippen LogP contribution >= 0.6 is 0 Å². The molecule has 0 nitrogen and oxygen atoms in total. The fourth-order valence-corrected chi connectivity index (χ4v) is 3.69. The lowest BCUT2D eigenvalue weighted by atomic mass is 9.93. The number of hydrogen-bond donors (Lipinski definition) is 0. The standard InChI is InChI=1S/C21H20/c1-14-18-10-4-3-5-11-19(18)15(2)21-13-17-9-7-6-8-16(17)12-20(14)21/h6-13H,3-5H2,1-2H3. The summed E-state index contributed by atoms with van der Waals surface area (Å²) in [6.07, 6.45) is 8.54. The SMILES string of the molecule is Cc1c2c(c(C)c3cc4ccccc4cc13)=CCCCC=2. The van der Waals surface area contributed by atoms with Gasteiger partial charge in [0.15, 0.2) is 0 Å². The molecule has 0 saturated carbocycles. The molecule has 0 N–H and O–H groups in total. The molecule has 104 valence electrons. The fraction of sp³-hybridized carbons (Fsp3) is 0.238. The average molecular weight is 272 g/mol. The van der Waals surface area contributed by atoms with Crippen molar-refractivity contribution in [1.29, 1.82) is 0 Å². The molecule has 0 heteroatoms. The Kier molecular flexibility index (Phi) is 2.85. The summed E-state index contributed by atoms with van der Waals surface area (Å²) < 4.78 is 0. The summed E-state index contributed by atoms with van der Waals surface area (Å²) in [5.74, 6) is 0. The van der Waals surface area contributed by atoms with Crippen molar-refractivity contribution in [3.05, 3.63) is 58.0 Å².